The Hall–Kier alpha value is -3.32. The molecule has 1 aliphatic heterocycles. The molecule has 192 valence electrons. The van der Waals surface area contributed by atoms with E-state index in [1.165, 1.54) is 0 Å². The largest absolute Gasteiger partial charge is 0.416 e. The number of halogens is 3. The number of piperazine rings is 1. The molecular weight excluding hydrogens is 469 g/mol. The molecule has 1 saturated heterocycles. The minimum atomic E-state index is -4.36. The van der Waals surface area contributed by atoms with Crippen molar-refractivity contribution in [3.63, 3.8) is 0 Å². The van der Waals surface area contributed by atoms with E-state index in [9.17, 15) is 18.0 Å². The fourth-order valence-electron chi connectivity index (χ4n) is 5.21. The Morgan fingerprint density at radius 1 is 1.14 bits per heavy atom. The van der Waals surface area contributed by atoms with Crippen molar-refractivity contribution in [3.8, 4) is 6.07 Å². The molecule has 3 atom stereocenters. The van der Waals surface area contributed by atoms with Crippen molar-refractivity contribution in [2.24, 2.45) is 7.05 Å². The fourth-order valence-corrected chi connectivity index (χ4v) is 5.21. The zero-order valence-corrected chi connectivity index (χ0v) is 21.0. The van der Waals surface area contributed by atoms with Gasteiger partial charge in [0.15, 0.2) is 0 Å². The highest BCUT2D eigenvalue weighted by atomic mass is 19.4. The van der Waals surface area contributed by atoms with Gasteiger partial charge in [-0.2, -0.15) is 23.5 Å². The summed E-state index contributed by atoms with van der Waals surface area (Å²) in [6.45, 7) is 7.68. The van der Waals surface area contributed by atoms with Gasteiger partial charge in [0.05, 0.1) is 29.0 Å². The van der Waals surface area contributed by atoms with E-state index < -0.39 is 11.7 Å². The predicted octanol–water partition coefficient (Wildman–Crippen LogP) is 4.72. The Bertz CT molecular complexity index is 1320. The Kier molecular flexibility index (Phi) is 7.14. The molecular formula is C26H31F3N6O. The van der Waals surface area contributed by atoms with Crippen molar-refractivity contribution < 1.29 is 13.2 Å². The number of alkyl halides is 3. The highest BCUT2D eigenvalue weighted by Gasteiger charge is 2.37. The second-order valence-corrected chi connectivity index (χ2v) is 9.41. The van der Waals surface area contributed by atoms with Crippen LogP contribution in [-0.2, 0) is 19.8 Å². The molecule has 4 rings (SSSR count). The number of nitriles is 1. The Morgan fingerprint density at radius 3 is 2.39 bits per heavy atom. The van der Waals surface area contributed by atoms with Gasteiger partial charge < -0.3 is 9.47 Å². The standard InChI is InChI=1S/C26H31F3N6O/c1-5-20-15-35(22-13-24(36)32(4)23-16-33(12-11-30)31-25(22)23)21(6-2)14-34(20)17(3)18-7-9-19(10-8-18)26(27,28)29/h7-10,13,16-17,20-21H,5-6,12,14-15H2,1-4H3/t17-,20-,21+/m1/s1. The SMILES string of the molecule is CC[C@H]1CN([C@H](C)c2ccc(C(F)(F)F)cc2)[C@H](CC)CN1c1cc(=O)n(C)c2cn(CC#N)nc12. The Balaban J connectivity index is 1.68. The third-order valence-corrected chi connectivity index (χ3v) is 7.38. The maximum atomic E-state index is 13.0. The van der Waals surface area contributed by atoms with Crippen molar-refractivity contribution in [2.75, 3.05) is 18.0 Å². The van der Waals surface area contributed by atoms with Crippen LogP contribution in [0.1, 0.15) is 50.8 Å². The number of pyridine rings is 1. The summed E-state index contributed by atoms with van der Waals surface area (Å²) in [6, 6.07) is 9.30. The summed E-state index contributed by atoms with van der Waals surface area (Å²) in [5, 5.41) is 13.7. The maximum absolute atomic E-state index is 13.0. The van der Waals surface area contributed by atoms with Crippen LogP contribution < -0.4 is 10.5 Å². The Morgan fingerprint density at radius 2 is 1.81 bits per heavy atom. The lowest BCUT2D eigenvalue weighted by molar-refractivity contribution is -0.137. The summed E-state index contributed by atoms with van der Waals surface area (Å²) < 4.78 is 42.2. The van der Waals surface area contributed by atoms with Crippen LogP contribution in [-0.4, -0.2) is 44.4 Å². The topological polar surface area (TPSA) is 70.1 Å². The number of nitrogens with zero attached hydrogens (tertiary/aromatic N) is 6. The van der Waals surface area contributed by atoms with Crippen LogP contribution in [0.25, 0.3) is 11.0 Å². The van der Waals surface area contributed by atoms with E-state index in [0.717, 1.165) is 36.2 Å². The summed E-state index contributed by atoms with van der Waals surface area (Å²) in [6.07, 6.45) is -0.966. The van der Waals surface area contributed by atoms with Gasteiger partial charge in [-0.25, -0.2) is 0 Å². The van der Waals surface area contributed by atoms with Crippen molar-refractivity contribution in [1.29, 1.82) is 5.26 Å². The molecule has 3 aromatic rings. The molecule has 0 spiro atoms. The molecule has 0 N–H and O–H groups in total. The highest BCUT2D eigenvalue weighted by Crippen LogP contribution is 2.35. The van der Waals surface area contributed by atoms with E-state index in [1.54, 1.807) is 40.7 Å². The first-order valence-corrected chi connectivity index (χ1v) is 12.2. The van der Waals surface area contributed by atoms with E-state index in [4.69, 9.17) is 5.26 Å². The average Bonchev–Trinajstić information content (AvgIpc) is 3.29. The minimum Gasteiger partial charge on any atom is -0.364 e. The van der Waals surface area contributed by atoms with E-state index in [1.807, 2.05) is 6.92 Å². The molecule has 0 radical (unpaired) electrons. The third kappa shape index (κ3) is 4.72. The lowest BCUT2D eigenvalue weighted by atomic mass is 9.96. The summed E-state index contributed by atoms with van der Waals surface area (Å²) in [5.74, 6) is 0. The van der Waals surface area contributed by atoms with Crippen molar-refractivity contribution in [3.05, 3.63) is 58.0 Å². The van der Waals surface area contributed by atoms with Crippen LogP contribution >= 0.6 is 0 Å². The van der Waals surface area contributed by atoms with Gasteiger partial charge in [-0.3, -0.25) is 14.4 Å². The first-order valence-electron chi connectivity index (χ1n) is 12.2. The molecule has 1 aliphatic rings. The zero-order valence-electron chi connectivity index (χ0n) is 21.0. The maximum Gasteiger partial charge on any atom is 0.416 e. The molecule has 10 heteroatoms. The van der Waals surface area contributed by atoms with E-state index in [2.05, 4.69) is 34.8 Å². The molecule has 1 fully saturated rings. The number of anilines is 1. The fraction of sp³-hybridized carbons (Fsp3) is 0.500. The molecule has 7 nitrogen and oxygen atoms in total. The van der Waals surface area contributed by atoms with Gasteiger partial charge in [0.2, 0.25) is 0 Å². The zero-order chi connectivity index (χ0) is 26.2. The molecule has 0 amide bonds. The lowest BCUT2D eigenvalue weighted by Gasteiger charge is -2.49. The van der Waals surface area contributed by atoms with Crippen LogP contribution in [0.3, 0.4) is 0 Å². The normalized spacial score (nSPS) is 20.0. The molecule has 3 heterocycles. The number of benzene rings is 1. The van der Waals surface area contributed by atoms with Crippen LogP contribution in [0.5, 0.6) is 0 Å². The number of hydrogen-bond donors (Lipinski definition) is 0. The van der Waals surface area contributed by atoms with Crippen LogP contribution in [0.2, 0.25) is 0 Å². The van der Waals surface area contributed by atoms with Gasteiger partial charge in [0.1, 0.15) is 12.1 Å². The molecule has 0 aliphatic carbocycles. The first-order chi connectivity index (χ1) is 17.1. The Labute approximate surface area is 208 Å². The monoisotopic (exact) mass is 500 g/mol. The molecule has 1 aromatic carbocycles. The van der Waals surface area contributed by atoms with Crippen LogP contribution in [0.4, 0.5) is 18.9 Å². The van der Waals surface area contributed by atoms with E-state index >= 15 is 0 Å². The second-order valence-electron chi connectivity index (χ2n) is 9.41. The number of rotatable bonds is 6. The quantitative estimate of drug-likeness (QED) is 0.490. The summed E-state index contributed by atoms with van der Waals surface area (Å²) >= 11 is 0. The average molecular weight is 501 g/mol. The summed E-state index contributed by atoms with van der Waals surface area (Å²) in [7, 11) is 1.70. The van der Waals surface area contributed by atoms with Gasteiger partial charge in [-0.05, 0) is 37.5 Å². The van der Waals surface area contributed by atoms with Gasteiger partial charge in [-0.1, -0.05) is 26.0 Å². The van der Waals surface area contributed by atoms with Crippen LogP contribution in [0.15, 0.2) is 41.3 Å². The number of aromatic nitrogens is 3. The van der Waals surface area contributed by atoms with Crippen molar-refractivity contribution >= 4 is 16.7 Å². The molecule has 0 bridgehead atoms. The smallest absolute Gasteiger partial charge is 0.364 e. The number of aryl methyl sites for hydroxylation is 1. The van der Waals surface area contributed by atoms with E-state index in [-0.39, 0.29) is 30.2 Å². The van der Waals surface area contributed by atoms with E-state index in [0.29, 0.717) is 24.1 Å². The number of hydrogen-bond acceptors (Lipinski definition) is 5. The molecule has 0 saturated carbocycles. The van der Waals surface area contributed by atoms with Gasteiger partial charge in [0.25, 0.3) is 5.56 Å². The van der Waals surface area contributed by atoms with Crippen LogP contribution in [0, 0.1) is 11.3 Å². The third-order valence-electron chi connectivity index (χ3n) is 7.38. The minimum absolute atomic E-state index is 0.0630. The van der Waals surface area contributed by atoms with Gasteiger partial charge in [-0.15, -0.1) is 0 Å². The molecule has 2 aromatic heterocycles. The lowest BCUT2D eigenvalue weighted by Crippen LogP contribution is -2.58. The first kappa shape index (κ1) is 25.8. The van der Waals surface area contributed by atoms with Crippen molar-refractivity contribution in [1.82, 2.24) is 19.2 Å². The van der Waals surface area contributed by atoms with Crippen molar-refractivity contribution in [2.45, 2.75) is 64.5 Å². The highest BCUT2D eigenvalue weighted by molar-refractivity contribution is 5.88. The number of fused-ring (bicyclic) bond motifs is 1. The summed E-state index contributed by atoms with van der Waals surface area (Å²) in [5.41, 5.74) is 2.18. The van der Waals surface area contributed by atoms with Gasteiger partial charge in [0, 0.05) is 44.3 Å². The summed E-state index contributed by atoms with van der Waals surface area (Å²) in [4.78, 5) is 17.4. The predicted molar refractivity (Wildman–Crippen MR) is 133 cm³/mol. The second kappa shape index (κ2) is 9.97. The molecule has 36 heavy (non-hydrogen) atoms. The van der Waals surface area contributed by atoms with Gasteiger partial charge >= 0.3 is 6.18 Å². The molecule has 0 unspecified atom stereocenters.